The van der Waals surface area contributed by atoms with Gasteiger partial charge < -0.3 is 8.98 Å². The summed E-state index contributed by atoms with van der Waals surface area (Å²) in [7, 11) is 0. The molecule has 0 radical (unpaired) electrons. The second-order valence-electron chi connectivity index (χ2n) is 4.27. The molecule has 0 saturated heterocycles. The highest BCUT2D eigenvalue weighted by atomic mass is 32.2. The number of imidazole rings is 1. The molecule has 2 aromatic heterocycles. The maximum Gasteiger partial charge on any atom is 0.205 e. The van der Waals surface area contributed by atoms with Gasteiger partial charge in [0, 0.05) is 24.5 Å². The van der Waals surface area contributed by atoms with E-state index < -0.39 is 0 Å². The fourth-order valence-electron chi connectivity index (χ4n) is 1.92. The molecule has 0 atom stereocenters. The zero-order chi connectivity index (χ0) is 13.8. The van der Waals surface area contributed by atoms with E-state index in [-0.39, 0.29) is 0 Å². The molecule has 0 aliphatic heterocycles. The van der Waals surface area contributed by atoms with Gasteiger partial charge >= 0.3 is 0 Å². The lowest BCUT2D eigenvalue weighted by molar-refractivity contribution is 0.529. The fourth-order valence-corrected chi connectivity index (χ4v) is 2.79. The van der Waals surface area contributed by atoms with Crippen LogP contribution in [0.2, 0.25) is 0 Å². The third-order valence-electron chi connectivity index (χ3n) is 2.95. The molecule has 0 bridgehead atoms. The molecular formula is C15H15N3OS. The summed E-state index contributed by atoms with van der Waals surface area (Å²) in [6, 6.07) is 10.00. The minimum Gasteiger partial charge on any atom is -0.440 e. The van der Waals surface area contributed by atoms with Crippen LogP contribution in [-0.2, 0) is 12.3 Å². The first-order valence-electron chi connectivity index (χ1n) is 6.51. The topological polar surface area (TPSA) is 43.9 Å². The number of benzene rings is 1. The van der Waals surface area contributed by atoms with Crippen molar-refractivity contribution in [3.63, 3.8) is 0 Å². The van der Waals surface area contributed by atoms with E-state index in [1.165, 1.54) is 0 Å². The van der Waals surface area contributed by atoms with Crippen LogP contribution in [0.4, 0.5) is 0 Å². The molecule has 102 valence electrons. The Labute approximate surface area is 121 Å². The van der Waals surface area contributed by atoms with Gasteiger partial charge in [-0.2, -0.15) is 0 Å². The molecule has 0 aliphatic carbocycles. The fraction of sp³-hybridized carbons (Fsp3) is 0.200. The van der Waals surface area contributed by atoms with Crippen LogP contribution in [0.15, 0.2) is 58.5 Å². The molecule has 1 aromatic carbocycles. The molecule has 20 heavy (non-hydrogen) atoms. The number of nitrogens with zero attached hydrogens (tertiary/aromatic N) is 3. The highest BCUT2D eigenvalue weighted by Crippen LogP contribution is 2.24. The number of thioether (sulfide) groups is 1. The summed E-state index contributed by atoms with van der Waals surface area (Å²) in [5.41, 5.74) is 1.05. The van der Waals surface area contributed by atoms with E-state index in [9.17, 15) is 0 Å². The van der Waals surface area contributed by atoms with Gasteiger partial charge in [-0.15, -0.1) is 0 Å². The largest absolute Gasteiger partial charge is 0.440 e. The van der Waals surface area contributed by atoms with E-state index >= 15 is 0 Å². The van der Waals surface area contributed by atoms with Crippen LogP contribution >= 0.6 is 11.8 Å². The van der Waals surface area contributed by atoms with Crippen LogP contribution in [0.3, 0.4) is 0 Å². The number of aromatic nitrogens is 3. The predicted octanol–water partition coefficient (Wildman–Crippen LogP) is 3.85. The summed E-state index contributed by atoms with van der Waals surface area (Å²) in [5, 5.41) is 0.993. The van der Waals surface area contributed by atoms with Gasteiger partial charge in [-0.05, 0) is 6.92 Å². The van der Waals surface area contributed by atoms with Gasteiger partial charge in [0.25, 0.3) is 0 Å². The standard InChI is InChI=1S/C15H15N3OS/c1-2-18-9-8-16-15(18)20-11-14-17-10-13(19-14)12-6-4-3-5-7-12/h3-10H,2,11H2,1H3. The molecule has 4 nitrogen and oxygen atoms in total. The lowest BCUT2D eigenvalue weighted by Crippen LogP contribution is -1.94. The van der Waals surface area contributed by atoms with E-state index in [4.69, 9.17) is 4.42 Å². The Morgan fingerprint density at radius 3 is 2.85 bits per heavy atom. The maximum atomic E-state index is 5.77. The number of oxazole rings is 1. The Bertz CT molecular complexity index is 675. The second-order valence-corrected chi connectivity index (χ2v) is 5.21. The van der Waals surface area contributed by atoms with E-state index in [2.05, 4.69) is 21.5 Å². The first-order chi connectivity index (χ1) is 9.86. The van der Waals surface area contributed by atoms with Gasteiger partial charge in [-0.25, -0.2) is 9.97 Å². The van der Waals surface area contributed by atoms with Gasteiger partial charge in [-0.1, -0.05) is 42.1 Å². The average Bonchev–Trinajstić information content (AvgIpc) is 3.15. The summed E-state index contributed by atoms with van der Waals surface area (Å²) in [6.07, 6.45) is 5.57. The van der Waals surface area contributed by atoms with Crippen molar-refractivity contribution in [2.24, 2.45) is 0 Å². The second kappa shape index (κ2) is 5.96. The summed E-state index contributed by atoms with van der Waals surface area (Å²) in [4.78, 5) is 8.65. The lowest BCUT2D eigenvalue weighted by atomic mass is 10.2. The van der Waals surface area contributed by atoms with Crippen LogP contribution in [-0.4, -0.2) is 14.5 Å². The third kappa shape index (κ3) is 2.77. The first-order valence-corrected chi connectivity index (χ1v) is 7.49. The predicted molar refractivity (Wildman–Crippen MR) is 79.4 cm³/mol. The highest BCUT2D eigenvalue weighted by Gasteiger charge is 2.08. The minimum absolute atomic E-state index is 0.684. The van der Waals surface area contributed by atoms with E-state index in [0.717, 1.165) is 28.9 Å². The lowest BCUT2D eigenvalue weighted by Gasteiger charge is -2.01. The molecule has 3 rings (SSSR count). The van der Waals surface area contributed by atoms with Crippen molar-refractivity contribution in [2.75, 3.05) is 0 Å². The van der Waals surface area contributed by atoms with Crippen LogP contribution in [0.5, 0.6) is 0 Å². The van der Waals surface area contributed by atoms with Crippen molar-refractivity contribution < 1.29 is 4.42 Å². The molecule has 5 heteroatoms. The number of rotatable bonds is 5. The zero-order valence-electron chi connectivity index (χ0n) is 11.2. The molecule has 0 spiro atoms. The Kier molecular flexibility index (Phi) is 3.87. The molecule has 3 aromatic rings. The van der Waals surface area contributed by atoms with Crippen LogP contribution in [0.25, 0.3) is 11.3 Å². The molecular weight excluding hydrogens is 270 g/mol. The summed E-state index contributed by atoms with van der Waals surface area (Å²) in [6.45, 7) is 3.02. The Morgan fingerprint density at radius 2 is 2.05 bits per heavy atom. The van der Waals surface area contributed by atoms with Crippen molar-refractivity contribution in [1.82, 2.24) is 14.5 Å². The number of hydrogen-bond donors (Lipinski definition) is 0. The van der Waals surface area contributed by atoms with Crippen molar-refractivity contribution in [1.29, 1.82) is 0 Å². The van der Waals surface area contributed by atoms with Gasteiger partial charge in [-0.3, -0.25) is 0 Å². The van der Waals surface area contributed by atoms with Crippen molar-refractivity contribution >= 4 is 11.8 Å². The summed E-state index contributed by atoms with van der Waals surface area (Å²) >= 11 is 1.64. The number of aryl methyl sites for hydroxylation is 1. The third-order valence-corrected chi connectivity index (χ3v) is 3.94. The van der Waals surface area contributed by atoms with E-state index in [1.54, 1.807) is 18.0 Å². The van der Waals surface area contributed by atoms with Crippen molar-refractivity contribution in [3.05, 3.63) is 54.8 Å². The molecule has 2 heterocycles. The molecule has 0 saturated carbocycles. The summed E-state index contributed by atoms with van der Waals surface area (Å²) in [5.74, 6) is 2.21. The van der Waals surface area contributed by atoms with Crippen molar-refractivity contribution in [3.8, 4) is 11.3 Å². The van der Waals surface area contributed by atoms with Crippen LogP contribution < -0.4 is 0 Å². The van der Waals surface area contributed by atoms with E-state index in [1.807, 2.05) is 42.7 Å². The maximum absolute atomic E-state index is 5.77. The van der Waals surface area contributed by atoms with Crippen LogP contribution in [0.1, 0.15) is 12.8 Å². The number of hydrogen-bond acceptors (Lipinski definition) is 4. The summed E-state index contributed by atoms with van der Waals surface area (Å²) < 4.78 is 7.88. The molecule has 0 unspecified atom stereocenters. The molecule has 0 fully saturated rings. The SMILES string of the molecule is CCn1ccnc1SCc1ncc(-c2ccccc2)o1. The Balaban J connectivity index is 1.69. The average molecular weight is 285 g/mol. The first kappa shape index (κ1) is 13.0. The Hall–Kier alpha value is -2.01. The van der Waals surface area contributed by atoms with Gasteiger partial charge in [0.05, 0.1) is 11.9 Å². The monoisotopic (exact) mass is 285 g/mol. The zero-order valence-corrected chi connectivity index (χ0v) is 12.0. The highest BCUT2D eigenvalue weighted by molar-refractivity contribution is 7.98. The quantitative estimate of drug-likeness (QED) is 0.668. The molecule has 0 N–H and O–H groups in total. The van der Waals surface area contributed by atoms with Crippen molar-refractivity contribution in [2.45, 2.75) is 24.4 Å². The van der Waals surface area contributed by atoms with Gasteiger partial charge in [0.2, 0.25) is 5.89 Å². The normalized spacial score (nSPS) is 10.8. The smallest absolute Gasteiger partial charge is 0.205 e. The van der Waals surface area contributed by atoms with Gasteiger partial charge in [0.15, 0.2) is 10.9 Å². The molecule has 0 amide bonds. The molecule has 0 aliphatic rings. The van der Waals surface area contributed by atoms with E-state index in [0.29, 0.717) is 5.75 Å². The Morgan fingerprint density at radius 1 is 1.20 bits per heavy atom. The van der Waals surface area contributed by atoms with Gasteiger partial charge in [0.1, 0.15) is 0 Å². The van der Waals surface area contributed by atoms with Crippen LogP contribution in [0, 0.1) is 0 Å². The minimum atomic E-state index is 0.684.